The van der Waals surface area contributed by atoms with E-state index in [4.69, 9.17) is 4.42 Å². The number of aromatic nitrogens is 2. The number of aryl methyl sites for hydroxylation is 1. The predicted molar refractivity (Wildman–Crippen MR) is 91.8 cm³/mol. The van der Waals surface area contributed by atoms with Crippen LogP contribution in [-0.4, -0.2) is 36.4 Å². The summed E-state index contributed by atoms with van der Waals surface area (Å²) in [5.74, 6) is 1.42. The fourth-order valence-corrected chi connectivity index (χ4v) is 3.65. The van der Waals surface area contributed by atoms with Gasteiger partial charge in [0.05, 0.1) is 0 Å². The molecule has 3 aromatic rings. The van der Waals surface area contributed by atoms with E-state index in [1.165, 1.54) is 29.4 Å². The topological polar surface area (TPSA) is 47.8 Å². The van der Waals surface area contributed by atoms with Crippen molar-refractivity contribution in [1.29, 1.82) is 0 Å². The molecule has 1 aliphatic heterocycles. The first-order valence-electron chi connectivity index (χ1n) is 8.71. The summed E-state index contributed by atoms with van der Waals surface area (Å²) >= 11 is 0. The van der Waals surface area contributed by atoms with Crippen LogP contribution in [0.4, 0.5) is 0 Å². The number of piperazine rings is 1. The molecule has 0 atom stereocenters. The van der Waals surface area contributed by atoms with Gasteiger partial charge in [-0.25, -0.2) is 0 Å². The highest BCUT2D eigenvalue weighted by Gasteiger charge is 2.25. The van der Waals surface area contributed by atoms with Crippen molar-refractivity contribution in [1.82, 2.24) is 10.2 Å². The zero-order valence-electron chi connectivity index (χ0n) is 14.1. The minimum absolute atomic E-state index is 0.657. The van der Waals surface area contributed by atoms with Crippen LogP contribution in [-0.2, 0) is 13.1 Å². The van der Waals surface area contributed by atoms with E-state index in [9.17, 15) is 0 Å². The molecule has 0 bridgehead atoms. The molecule has 1 saturated heterocycles. The summed E-state index contributed by atoms with van der Waals surface area (Å²) in [6.45, 7) is 8.48. The highest BCUT2D eigenvalue weighted by molar-refractivity contribution is 5.85. The molecule has 5 heteroatoms. The molecular formula is C19H24N4O+2. The van der Waals surface area contributed by atoms with Gasteiger partial charge in [0, 0.05) is 12.5 Å². The average molecular weight is 324 g/mol. The zero-order chi connectivity index (χ0) is 16.4. The Bertz CT molecular complexity index is 816. The molecule has 24 heavy (non-hydrogen) atoms. The lowest BCUT2D eigenvalue weighted by Gasteiger charge is -2.29. The van der Waals surface area contributed by atoms with Crippen molar-refractivity contribution in [3.63, 3.8) is 0 Å². The molecule has 1 aromatic heterocycles. The Morgan fingerprint density at radius 1 is 0.875 bits per heavy atom. The van der Waals surface area contributed by atoms with Crippen LogP contribution in [0.15, 0.2) is 46.9 Å². The molecule has 2 N–H and O–H groups in total. The monoisotopic (exact) mass is 324 g/mol. The summed E-state index contributed by atoms with van der Waals surface area (Å²) in [6.07, 6.45) is 0. The van der Waals surface area contributed by atoms with E-state index in [1.807, 2.05) is 6.92 Å². The predicted octanol–water partition coefficient (Wildman–Crippen LogP) is 0.0148. The van der Waals surface area contributed by atoms with Gasteiger partial charge in [-0.1, -0.05) is 42.5 Å². The summed E-state index contributed by atoms with van der Waals surface area (Å²) in [7, 11) is 0. The highest BCUT2D eigenvalue weighted by atomic mass is 16.4. The van der Waals surface area contributed by atoms with Crippen molar-refractivity contribution in [2.45, 2.75) is 20.0 Å². The molecule has 4 rings (SSSR count). The van der Waals surface area contributed by atoms with Gasteiger partial charge in [-0.15, -0.1) is 10.2 Å². The van der Waals surface area contributed by atoms with E-state index >= 15 is 0 Å². The number of nitrogens with one attached hydrogen (secondary N) is 2. The number of fused-ring (bicyclic) bond motifs is 1. The fraction of sp³-hybridized carbons (Fsp3) is 0.368. The van der Waals surface area contributed by atoms with Crippen molar-refractivity contribution in [3.8, 4) is 0 Å². The zero-order valence-corrected chi connectivity index (χ0v) is 14.1. The van der Waals surface area contributed by atoms with E-state index in [-0.39, 0.29) is 0 Å². The molecule has 5 nitrogen and oxygen atoms in total. The third kappa shape index (κ3) is 3.32. The summed E-state index contributed by atoms with van der Waals surface area (Å²) in [5, 5.41) is 10.8. The maximum atomic E-state index is 5.51. The standard InChI is InChI=1S/C19H22N4O/c1-15-20-21-19(24-15)14-23-11-9-22(10-12-23)13-17-7-4-6-16-5-2-3-8-18(16)17/h2-8H,9-14H2,1H3/p+2. The Balaban J connectivity index is 1.37. The number of quaternary nitrogens is 2. The van der Waals surface area contributed by atoms with Crippen LogP contribution < -0.4 is 9.80 Å². The molecule has 0 radical (unpaired) electrons. The van der Waals surface area contributed by atoms with Crippen LogP contribution in [0, 0.1) is 6.92 Å². The summed E-state index contributed by atoms with van der Waals surface area (Å²) in [4.78, 5) is 3.21. The number of hydrogen-bond donors (Lipinski definition) is 2. The van der Waals surface area contributed by atoms with Crippen LogP contribution in [0.3, 0.4) is 0 Å². The van der Waals surface area contributed by atoms with Crippen molar-refractivity contribution in [2.75, 3.05) is 26.2 Å². The maximum absolute atomic E-state index is 5.51. The Morgan fingerprint density at radius 2 is 1.58 bits per heavy atom. The van der Waals surface area contributed by atoms with Gasteiger partial charge >= 0.3 is 0 Å². The first kappa shape index (κ1) is 15.3. The van der Waals surface area contributed by atoms with E-state index in [0.29, 0.717) is 5.89 Å². The van der Waals surface area contributed by atoms with Gasteiger partial charge in [-0.3, -0.25) is 0 Å². The molecule has 2 aromatic carbocycles. The average Bonchev–Trinajstić information content (AvgIpc) is 3.02. The largest absolute Gasteiger partial charge is 0.420 e. The van der Waals surface area contributed by atoms with Gasteiger partial charge in [-0.05, 0) is 10.8 Å². The summed E-state index contributed by atoms with van der Waals surface area (Å²) < 4.78 is 5.51. The smallest absolute Gasteiger partial charge is 0.271 e. The van der Waals surface area contributed by atoms with Crippen molar-refractivity contribution in [2.24, 2.45) is 0 Å². The third-order valence-electron chi connectivity index (χ3n) is 4.95. The minimum atomic E-state index is 0.657. The lowest BCUT2D eigenvalue weighted by atomic mass is 10.0. The van der Waals surface area contributed by atoms with Gasteiger partial charge in [-0.2, -0.15) is 0 Å². The lowest BCUT2D eigenvalue weighted by Crippen LogP contribution is -3.27. The molecule has 124 valence electrons. The number of rotatable bonds is 4. The molecule has 0 amide bonds. The summed E-state index contributed by atoms with van der Waals surface area (Å²) in [6, 6.07) is 15.3. The lowest BCUT2D eigenvalue weighted by molar-refractivity contribution is -1.02. The first-order chi connectivity index (χ1) is 11.8. The quantitative estimate of drug-likeness (QED) is 0.711. The van der Waals surface area contributed by atoms with Gasteiger partial charge < -0.3 is 14.2 Å². The van der Waals surface area contributed by atoms with Gasteiger partial charge in [0.1, 0.15) is 32.7 Å². The van der Waals surface area contributed by atoms with Crippen LogP contribution in [0.1, 0.15) is 17.3 Å². The molecule has 0 spiro atoms. The highest BCUT2D eigenvalue weighted by Crippen LogP contribution is 2.17. The van der Waals surface area contributed by atoms with E-state index < -0.39 is 0 Å². The van der Waals surface area contributed by atoms with Gasteiger partial charge in [0.15, 0.2) is 6.54 Å². The minimum Gasteiger partial charge on any atom is -0.420 e. The van der Waals surface area contributed by atoms with Gasteiger partial charge in [0.2, 0.25) is 5.89 Å². The second-order valence-corrected chi connectivity index (χ2v) is 6.71. The van der Waals surface area contributed by atoms with Crippen LogP contribution in [0.5, 0.6) is 0 Å². The van der Waals surface area contributed by atoms with E-state index in [0.717, 1.165) is 32.1 Å². The molecule has 1 fully saturated rings. The van der Waals surface area contributed by atoms with E-state index in [1.54, 1.807) is 9.80 Å². The Labute approximate surface area is 141 Å². The second-order valence-electron chi connectivity index (χ2n) is 6.71. The number of nitrogens with zero attached hydrogens (tertiary/aromatic N) is 2. The fourth-order valence-electron chi connectivity index (χ4n) is 3.65. The molecule has 1 aliphatic rings. The number of benzene rings is 2. The van der Waals surface area contributed by atoms with Crippen LogP contribution in [0.25, 0.3) is 10.8 Å². The molecule has 0 saturated carbocycles. The molecule has 0 unspecified atom stereocenters. The number of hydrogen-bond acceptors (Lipinski definition) is 3. The molecular weight excluding hydrogens is 300 g/mol. The Kier molecular flexibility index (Phi) is 4.28. The SMILES string of the molecule is Cc1nnc(C[NH+]2CC[NH+](Cc3cccc4ccccc34)CC2)o1. The van der Waals surface area contributed by atoms with Crippen LogP contribution in [0.2, 0.25) is 0 Å². The molecule has 0 aliphatic carbocycles. The van der Waals surface area contributed by atoms with Crippen molar-refractivity contribution in [3.05, 3.63) is 59.8 Å². The maximum Gasteiger partial charge on any atom is 0.271 e. The normalized spacial score (nSPS) is 21.2. The van der Waals surface area contributed by atoms with E-state index in [2.05, 4.69) is 52.7 Å². The van der Waals surface area contributed by atoms with Crippen LogP contribution >= 0.6 is 0 Å². The third-order valence-corrected chi connectivity index (χ3v) is 4.95. The Hall–Kier alpha value is -2.24. The van der Waals surface area contributed by atoms with Crippen molar-refractivity contribution >= 4 is 10.8 Å². The van der Waals surface area contributed by atoms with Gasteiger partial charge in [0.25, 0.3) is 5.89 Å². The molecule has 2 heterocycles. The van der Waals surface area contributed by atoms with Crippen molar-refractivity contribution < 1.29 is 14.2 Å². The summed E-state index contributed by atoms with van der Waals surface area (Å²) in [5.41, 5.74) is 1.46. The first-order valence-corrected chi connectivity index (χ1v) is 8.71. The second kappa shape index (κ2) is 6.71. The Morgan fingerprint density at radius 3 is 2.33 bits per heavy atom.